The molecule has 0 spiro atoms. The molecular weight excluding hydrogens is 300 g/mol. The van der Waals surface area contributed by atoms with Gasteiger partial charge in [-0.05, 0) is 30.7 Å². The van der Waals surface area contributed by atoms with Crippen molar-refractivity contribution >= 4 is 29.3 Å². The summed E-state index contributed by atoms with van der Waals surface area (Å²) in [5.74, 6) is -1.97. The molecule has 0 N–H and O–H groups in total. The molecule has 0 atom stereocenters. The zero-order valence-corrected chi connectivity index (χ0v) is 11.7. The van der Waals surface area contributed by atoms with E-state index >= 15 is 0 Å². The highest BCUT2D eigenvalue weighted by molar-refractivity contribution is 8.21. The van der Waals surface area contributed by atoms with Crippen molar-refractivity contribution in [3.63, 3.8) is 0 Å². The zero-order chi connectivity index (χ0) is 14.6. The van der Waals surface area contributed by atoms with Crippen LogP contribution in [-0.4, -0.2) is 18.3 Å². The minimum atomic E-state index is -4.81. The molecule has 1 aromatic rings. The Bertz CT molecular complexity index is 503. The fourth-order valence-corrected chi connectivity index (χ4v) is 2.40. The summed E-state index contributed by atoms with van der Waals surface area (Å²) in [7, 11) is 0. The first-order chi connectivity index (χ1) is 8.79. The highest BCUT2D eigenvalue weighted by atomic mass is 32.2. The monoisotopic (exact) mass is 310 g/mol. The molecule has 7 heteroatoms. The number of benzene rings is 1. The summed E-state index contributed by atoms with van der Waals surface area (Å²) in [5.41, 5.74) is -1.61. The lowest BCUT2D eigenvalue weighted by Crippen LogP contribution is -2.10. The molecule has 0 amide bonds. The van der Waals surface area contributed by atoms with Crippen molar-refractivity contribution in [2.24, 2.45) is 0 Å². The summed E-state index contributed by atoms with van der Waals surface area (Å²) < 4.78 is 51.3. The molecule has 0 aromatic heterocycles. The molecule has 0 radical (unpaired) electrons. The van der Waals surface area contributed by atoms with Crippen molar-refractivity contribution in [2.45, 2.75) is 6.18 Å². The average molecular weight is 310 g/mol. The van der Waals surface area contributed by atoms with Crippen LogP contribution in [0.2, 0.25) is 0 Å². The fourth-order valence-electron chi connectivity index (χ4n) is 1.29. The van der Waals surface area contributed by atoms with Gasteiger partial charge in [0.05, 0.1) is 5.56 Å². The molecule has 1 aromatic carbocycles. The third kappa shape index (κ3) is 4.28. The number of hydrogen-bond acceptors (Lipinski definition) is 3. The molecule has 0 aliphatic heterocycles. The molecule has 0 aliphatic carbocycles. The van der Waals surface area contributed by atoms with Crippen LogP contribution in [0.5, 0.6) is 0 Å². The number of carbonyl (C=O) groups excluding carboxylic acids is 1. The highest BCUT2D eigenvalue weighted by Crippen LogP contribution is 2.32. The van der Waals surface area contributed by atoms with Gasteiger partial charge in [-0.2, -0.15) is 13.2 Å². The van der Waals surface area contributed by atoms with Gasteiger partial charge in [0.25, 0.3) is 0 Å². The number of thioether (sulfide) groups is 2. The summed E-state index contributed by atoms with van der Waals surface area (Å²) in [6, 6.07) is 2.23. The molecule has 19 heavy (non-hydrogen) atoms. The normalized spacial score (nSPS) is 11.3. The van der Waals surface area contributed by atoms with E-state index in [2.05, 4.69) is 0 Å². The lowest BCUT2D eigenvalue weighted by molar-refractivity contribution is -0.140. The second-order valence-corrected chi connectivity index (χ2v) is 5.38. The smallest absolute Gasteiger partial charge is 0.289 e. The molecule has 1 rings (SSSR count). The van der Waals surface area contributed by atoms with Gasteiger partial charge in [-0.15, -0.1) is 23.5 Å². The molecule has 0 bridgehead atoms. The fraction of sp³-hybridized carbons (Fsp3) is 0.250. The number of ketones is 1. The predicted octanol–water partition coefficient (Wildman–Crippen LogP) is 4.59. The van der Waals surface area contributed by atoms with E-state index in [9.17, 15) is 22.4 Å². The van der Waals surface area contributed by atoms with E-state index in [0.29, 0.717) is 16.4 Å². The Hall–Kier alpha value is -0.950. The first-order valence-corrected chi connectivity index (χ1v) is 7.45. The van der Waals surface area contributed by atoms with E-state index in [1.165, 1.54) is 29.6 Å². The van der Waals surface area contributed by atoms with Crippen molar-refractivity contribution in [3.8, 4) is 0 Å². The van der Waals surface area contributed by atoms with E-state index in [1.54, 1.807) is 12.5 Å². The number of alkyl halides is 3. The molecule has 0 fully saturated rings. The largest absolute Gasteiger partial charge is 0.419 e. The van der Waals surface area contributed by atoms with Crippen LogP contribution in [0.4, 0.5) is 17.6 Å². The molecular formula is C12H10F4OS2. The quantitative estimate of drug-likeness (QED) is 0.460. The maximum Gasteiger partial charge on any atom is 0.419 e. The highest BCUT2D eigenvalue weighted by Gasteiger charge is 2.34. The van der Waals surface area contributed by atoms with Crippen LogP contribution in [0.1, 0.15) is 15.9 Å². The van der Waals surface area contributed by atoms with Crippen molar-refractivity contribution in [3.05, 3.63) is 45.5 Å². The van der Waals surface area contributed by atoms with Crippen LogP contribution < -0.4 is 0 Å². The number of halogens is 4. The molecule has 0 saturated carbocycles. The lowest BCUT2D eigenvalue weighted by Gasteiger charge is -2.09. The summed E-state index contributed by atoms with van der Waals surface area (Å²) in [6.45, 7) is 0. The standard InChI is InChI=1S/C12H10F4OS2/c1-18-11(19-2)6-10(17)7-3-4-9(13)8(5-7)12(14,15)16/h3-6H,1-2H3. The number of allylic oxidation sites excluding steroid dienone is 1. The first kappa shape index (κ1) is 16.1. The van der Waals surface area contributed by atoms with Gasteiger partial charge in [0, 0.05) is 15.9 Å². The second kappa shape index (κ2) is 6.47. The zero-order valence-electron chi connectivity index (χ0n) is 10.0. The molecule has 0 saturated heterocycles. The molecule has 1 nitrogen and oxygen atoms in total. The molecule has 0 heterocycles. The maximum absolute atomic E-state index is 13.1. The Kier molecular flexibility index (Phi) is 5.49. The van der Waals surface area contributed by atoms with Gasteiger partial charge in [0.15, 0.2) is 5.78 Å². The Labute approximate surface area is 116 Å². The van der Waals surface area contributed by atoms with Crippen LogP contribution in [0, 0.1) is 5.82 Å². The Morgan fingerprint density at radius 1 is 1.21 bits per heavy atom. The Morgan fingerprint density at radius 3 is 2.26 bits per heavy atom. The van der Waals surface area contributed by atoms with Gasteiger partial charge in [-0.25, -0.2) is 4.39 Å². The number of hydrogen-bond donors (Lipinski definition) is 0. The van der Waals surface area contributed by atoms with Crippen LogP contribution in [-0.2, 0) is 6.18 Å². The van der Waals surface area contributed by atoms with Crippen molar-refractivity contribution in [1.29, 1.82) is 0 Å². The lowest BCUT2D eigenvalue weighted by atomic mass is 10.1. The first-order valence-electron chi connectivity index (χ1n) is 5.00. The molecule has 0 aliphatic rings. The topological polar surface area (TPSA) is 17.1 Å². The summed E-state index contributed by atoms with van der Waals surface area (Å²) >= 11 is 2.63. The van der Waals surface area contributed by atoms with Crippen LogP contribution in [0.15, 0.2) is 28.5 Å². The van der Waals surface area contributed by atoms with Gasteiger partial charge < -0.3 is 0 Å². The van der Waals surface area contributed by atoms with Gasteiger partial charge in [-0.1, -0.05) is 0 Å². The summed E-state index contributed by atoms with van der Waals surface area (Å²) in [6.07, 6.45) is -0.0719. The van der Waals surface area contributed by atoms with Crippen LogP contribution >= 0.6 is 23.5 Å². The van der Waals surface area contributed by atoms with Crippen molar-refractivity contribution < 1.29 is 22.4 Å². The summed E-state index contributed by atoms with van der Waals surface area (Å²) in [4.78, 5) is 11.8. The van der Waals surface area contributed by atoms with E-state index < -0.39 is 23.3 Å². The van der Waals surface area contributed by atoms with Gasteiger partial charge >= 0.3 is 6.18 Å². The number of rotatable bonds is 4. The minimum Gasteiger partial charge on any atom is -0.289 e. The Balaban J connectivity index is 3.16. The SMILES string of the molecule is CSC(=CC(=O)c1ccc(F)c(C(F)(F)F)c1)SC. The second-order valence-electron chi connectivity index (χ2n) is 3.43. The third-order valence-electron chi connectivity index (χ3n) is 2.21. The van der Waals surface area contributed by atoms with E-state index in [-0.39, 0.29) is 5.56 Å². The number of carbonyl (C=O) groups is 1. The maximum atomic E-state index is 13.1. The van der Waals surface area contributed by atoms with E-state index in [4.69, 9.17) is 0 Å². The minimum absolute atomic E-state index is 0.186. The van der Waals surface area contributed by atoms with Crippen LogP contribution in [0.3, 0.4) is 0 Å². The van der Waals surface area contributed by atoms with E-state index in [0.717, 1.165) is 6.07 Å². The van der Waals surface area contributed by atoms with Crippen molar-refractivity contribution in [2.75, 3.05) is 12.5 Å². The average Bonchev–Trinajstić information content (AvgIpc) is 2.34. The van der Waals surface area contributed by atoms with Gasteiger partial charge in [0.2, 0.25) is 0 Å². The van der Waals surface area contributed by atoms with Crippen LogP contribution in [0.25, 0.3) is 0 Å². The molecule has 104 valence electrons. The summed E-state index contributed by atoms with van der Waals surface area (Å²) in [5, 5.41) is 0. The Morgan fingerprint density at radius 2 is 1.79 bits per heavy atom. The molecule has 0 unspecified atom stereocenters. The van der Waals surface area contributed by atoms with Gasteiger partial charge in [-0.3, -0.25) is 4.79 Å². The van der Waals surface area contributed by atoms with Crippen molar-refractivity contribution in [1.82, 2.24) is 0 Å². The van der Waals surface area contributed by atoms with Gasteiger partial charge in [0.1, 0.15) is 5.82 Å². The third-order valence-corrected chi connectivity index (χ3v) is 4.25. The predicted molar refractivity (Wildman–Crippen MR) is 70.8 cm³/mol. The van der Waals surface area contributed by atoms with E-state index in [1.807, 2.05) is 0 Å².